The van der Waals surface area contributed by atoms with E-state index in [1.165, 1.54) is 4.57 Å². The fraction of sp³-hybridized carbons (Fsp3) is 0.214. The minimum atomic E-state index is -0.633. The number of imide groups is 1. The van der Waals surface area contributed by atoms with Crippen molar-refractivity contribution in [1.82, 2.24) is 9.88 Å². The lowest BCUT2D eigenvalue weighted by atomic mass is 10.1. The van der Waals surface area contributed by atoms with Gasteiger partial charge in [0, 0.05) is 23.4 Å². The SMILES string of the molecule is N#Cc1cccc2c(O)n(C3CCC(=O)NC3=O)cc12. The lowest BCUT2D eigenvalue weighted by Crippen LogP contribution is -2.41. The van der Waals surface area contributed by atoms with Gasteiger partial charge < -0.3 is 9.67 Å². The van der Waals surface area contributed by atoms with Gasteiger partial charge in [0.2, 0.25) is 11.8 Å². The molecule has 1 aliphatic rings. The number of carbonyl (C=O) groups excluding carboxylic acids is 2. The molecule has 3 rings (SSSR count). The Labute approximate surface area is 114 Å². The molecule has 6 nitrogen and oxygen atoms in total. The number of aromatic hydroxyl groups is 1. The summed E-state index contributed by atoms with van der Waals surface area (Å²) >= 11 is 0. The molecule has 0 spiro atoms. The van der Waals surface area contributed by atoms with Crippen LogP contribution in [-0.4, -0.2) is 21.5 Å². The van der Waals surface area contributed by atoms with Crippen LogP contribution < -0.4 is 5.32 Å². The topological polar surface area (TPSA) is 95.1 Å². The van der Waals surface area contributed by atoms with Crippen LogP contribution >= 0.6 is 0 Å². The Hall–Kier alpha value is -2.81. The molecule has 0 radical (unpaired) electrons. The fourth-order valence-electron chi connectivity index (χ4n) is 2.52. The summed E-state index contributed by atoms with van der Waals surface area (Å²) in [5, 5.41) is 22.7. The standard InChI is InChI=1S/C14H11N3O3/c15-6-8-2-1-3-9-10(8)7-17(14(9)20)11-4-5-12(18)16-13(11)19/h1-3,7,11,20H,4-5H2,(H,16,18,19). The van der Waals surface area contributed by atoms with Crippen LogP contribution in [0, 0.1) is 11.3 Å². The maximum absolute atomic E-state index is 11.9. The number of hydrogen-bond donors (Lipinski definition) is 2. The van der Waals surface area contributed by atoms with Gasteiger partial charge in [0.1, 0.15) is 6.04 Å². The molecule has 100 valence electrons. The molecule has 0 saturated carbocycles. The molecule has 1 unspecified atom stereocenters. The van der Waals surface area contributed by atoms with E-state index in [-0.39, 0.29) is 18.2 Å². The summed E-state index contributed by atoms with van der Waals surface area (Å²) in [7, 11) is 0. The lowest BCUT2D eigenvalue weighted by Gasteiger charge is -2.22. The number of fused-ring (bicyclic) bond motifs is 1. The highest BCUT2D eigenvalue weighted by atomic mass is 16.3. The van der Waals surface area contributed by atoms with Crippen LogP contribution in [0.15, 0.2) is 24.4 Å². The number of rotatable bonds is 1. The van der Waals surface area contributed by atoms with Crippen molar-refractivity contribution in [3.8, 4) is 11.9 Å². The van der Waals surface area contributed by atoms with Crippen LogP contribution in [0.4, 0.5) is 0 Å². The molecule has 0 aliphatic carbocycles. The molecule has 1 aromatic carbocycles. The molecule has 2 amide bonds. The number of hydrogen-bond acceptors (Lipinski definition) is 4. The van der Waals surface area contributed by atoms with E-state index in [1.54, 1.807) is 24.4 Å². The predicted octanol–water partition coefficient (Wildman–Crippen LogP) is 1.20. The predicted molar refractivity (Wildman–Crippen MR) is 69.7 cm³/mol. The number of aromatic nitrogens is 1. The van der Waals surface area contributed by atoms with Gasteiger partial charge >= 0.3 is 0 Å². The number of piperidine rings is 1. The smallest absolute Gasteiger partial charge is 0.249 e. The Morgan fingerprint density at radius 2 is 2.15 bits per heavy atom. The molecule has 2 aromatic rings. The van der Waals surface area contributed by atoms with E-state index in [0.717, 1.165) is 0 Å². The minimum Gasteiger partial charge on any atom is -0.494 e. The Morgan fingerprint density at radius 1 is 1.35 bits per heavy atom. The number of amides is 2. The number of nitriles is 1. The molecule has 2 heterocycles. The van der Waals surface area contributed by atoms with Gasteiger partial charge in [0.15, 0.2) is 5.88 Å². The monoisotopic (exact) mass is 269 g/mol. The van der Waals surface area contributed by atoms with Crippen molar-refractivity contribution in [2.45, 2.75) is 18.9 Å². The average molecular weight is 269 g/mol. The molecule has 1 saturated heterocycles. The van der Waals surface area contributed by atoms with Gasteiger partial charge in [-0.25, -0.2) is 0 Å². The summed E-state index contributed by atoms with van der Waals surface area (Å²) in [6.07, 6.45) is 2.15. The number of nitrogens with zero attached hydrogens (tertiary/aromatic N) is 2. The van der Waals surface area contributed by atoms with Crippen LogP contribution in [0.25, 0.3) is 10.8 Å². The molecular weight excluding hydrogens is 258 g/mol. The molecule has 0 bridgehead atoms. The van der Waals surface area contributed by atoms with Gasteiger partial charge in [-0.3, -0.25) is 14.9 Å². The van der Waals surface area contributed by atoms with Crippen molar-refractivity contribution in [2.75, 3.05) is 0 Å². The van der Waals surface area contributed by atoms with Gasteiger partial charge in [-0.1, -0.05) is 6.07 Å². The van der Waals surface area contributed by atoms with Gasteiger partial charge in [-0.15, -0.1) is 0 Å². The summed E-state index contributed by atoms with van der Waals surface area (Å²) in [6, 6.07) is 6.43. The summed E-state index contributed by atoms with van der Waals surface area (Å²) in [6.45, 7) is 0. The first-order chi connectivity index (χ1) is 9.61. The second-order valence-corrected chi connectivity index (χ2v) is 4.71. The summed E-state index contributed by atoms with van der Waals surface area (Å²) < 4.78 is 1.42. The first kappa shape index (κ1) is 12.2. The quantitative estimate of drug-likeness (QED) is 0.760. The van der Waals surface area contributed by atoms with E-state index in [2.05, 4.69) is 11.4 Å². The van der Waals surface area contributed by atoms with E-state index < -0.39 is 11.9 Å². The summed E-state index contributed by atoms with van der Waals surface area (Å²) in [5.74, 6) is -0.804. The summed E-state index contributed by atoms with van der Waals surface area (Å²) in [4.78, 5) is 23.0. The van der Waals surface area contributed by atoms with E-state index in [9.17, 15) is 14.7 Å². The van der Waals surface area contributed by atoms with Gasteiger partial charge in [-0.05, 0) is 18.6 Å². The van der Waals surface area contributed by atoms with E-state index in [1.807, 2.05) is 0 Å². The van der Waals surface area contributed by atoms with Crippen molar-refractivity contribution in [3.05, 3.63) is 30.0 Å². The Bertz CT molecular complexity index is 770. The molecular formula is C14H11N3O3. The van der Waals surface area contributed by atoms with E-state index in [4.69, 9.17) is 5.26 Å². The Morgan fingerprint density at radius 3 is 2.85 bits per heavy atom. The first-order valence-corrected chi connectivity index (χ1v) is 6.18. The van der Waals surface area contributed by atoms with Crippen LogP contribution in [0.2, 0.25) is 0 Å². The van der Waals surface area contributed by atoms with Crippen molar-refractivity contribution in [3.63, 3.8) is 0 Å². The third kappa shape index (κ3) is 1.72. The third-order valence-electron chi connectivity index (χ3n) is 3.53. The van der Waals surface area contributed by atoms with Gasteiger partial charge in [0.25, 0.3) is 0 Å². The van der Waals surface area contributed by atoms with Crippen molar-refractivity contribution in [1.29, 1.82) is 5.26 Å². The molecule has 6 heteroatoms. The maximum atomic E-state index is 11.9. The van der Waals surface area contributed by atoms with Crippen LogP contribution in [0.1, 0.15) is 24.4 Å². The van der Waals surface area contributed by atoms with Crippen LogP contribution in [0.3, 0.4) is 0 Å². The maximum Gasteiger partial charge on any atom is 0.249 e. The molecule has 1 atom stereocenters. The molecule has 1 aromatic heterocycles. The van der Waals surface area contributed by atoms with Crippen molar-refractivity contribution in [2.24, 2.45) is 0 Å². The Balaban J connectivity index is 2.13. The van der Waals surface area contributed by atoms with Gasteiger partial charge in [-0.2, -0.15) is 5.26 Å². The van der Waals surface area contributed by atoms with Crippen molar-refractivity contribution >= 4 is 22.6 Å². The first-order valence-electron chi connectivity index (χ1n) is 6.18. The highest BCUT2D eigenvalue weighted by Crippen LogP contribution is 2.34. The number of nitrogens with one attached hydrogen (secondary N) is 1. The van der Waals surface area contributed by atoms with Crippen LogP contribution in [-0.2, 0) is 9.59 Å². The zero-order valence-electron chi connectivity index (χ0n) is 10.5. The van der Waals surface area contributed by atoms with E-state index >= 15 is 0 Å². The third-order valence-corrected chi connectivity index (χ3v) is 3.53. The summed E-state index contributed by atoms with van der Waals surface area (Å²) in [5.41, 5.74) is 0.434. The molecule has 1 aliphatic heterocycles. The second kappa shape index (κ2) is 4.38. The lowest BCUT2D eigenvalue weighted by molar-refractivity contribution is -0.135. The largest absolute Gasteiger partial charge is 0.494 e. The molecule has 1 fully saturated rings. The van der Waals surface area contributed by atoms with Crippen LogP contribution in [0.5, 0.6) is 5.88 Å². The highest BCUT2D eigenvalue weighted by molar-refractivity contribution is 6.00. The minimum absolute atomic E-state index is 0.0633. The number of carbonyl (C=O) groups is 2. The van der Waals surface area contributed by atoms with E-state index in [0.29, 0.717) is 22.8 Å². The average Bonchev–Trinajstić information content (AvgIpc) is 2.76. The zero-order valence-corrected chi connectivity index (χ0v) is 10.5. The molecule has 2 N–H and O–H groups in total. The molecule has 20 heavy (non-hydrogen) atoms. The second-order valence-electron chi connectivity index (χ2n) is 4.71. The fourth-order valence-corrected chi connectivity index (χ4v) is 2.52. The zero-order chi connectivity index (χ0) is 14.3. The highest BCUT2D eigenvalue weighted by Gasteiger charge is 2.30. The number of benzene rings is 1. The van der Waals surface area contributed by atoms with Gasteiger partial charge in [0.05, 0.1) is 11.6 Å². The normalized spacial score (nSPS) is 18.9. The Kier molecular flexibility index (Phi) is 2.68. The van der Waals surface area contributed by atoms with Crippen molar-refractivity contribution < 1.29 is 14.7 Å².